The van der Waals surface area contributed by atoms with Crippen molar-refractivity contribution in [3.05, 3.63) is 35.2 Å². The Labute approximate surface area is 133 Å². The van der Waals surface area contributed by atoms with Gasteiger partial charge in [-0.1, -0.05) is 23.7 Å². The van der Waals surface area contributed by atoms with Crippen molar-refractivity contribution in [2.75, 3.05) is 0 Å². The minimum Gasteiger partial charge on any atom is -0.483 e. The summed E-state index contributed by atoms with van der Waals surface area (Å²) in [4.78, 5) is 3.78. The summed E-state index contributed by atoms with van der Waals surface area (Å²) in [6.07, 6.45) is 2.00. The molecule has 0 aliphatic carbocycles. The molecular weight excluding hydrogens is 328 g/mol. The number of para-hydroxylation sites is 1. The van der Waals surface area contributed by atoms with Gasteiger partial charge in [-0.25, -0.2) is 4.98 Å². The summed E-state index contributed by atoms with van der Waals surface area (Å²) in [5.74, 6) is 0.591. The minimum absolute atomic E-state index is 0.00572. The molecule has 1 aliphatic heterocycles. The van der Waals surface area contributed by atoms with E-state index in [-0.39, 0.29) is 15.9 Å². The van der Waals surface area contributed by atoms with Gasteiger partial charge in [0.1, 0.15) is 5.60 Å². The number of hydrogen-bond donors (Lipinski definition) is 0. The first-order valence-corrected chi connectivity index (χ1v) is 8.40. The third kappa shape index (κ3) is 2.55. The molecule has 1 aromatic carbocycles. The molecule has 0 radical (unpaired) electrons. The molecule has 3 rings (SSSR count). The molecule has 0 fully saturated rings. The van der Waals surface area contributed by atoms with E-state index in [0.29, 0.717) is 12.2 Å². The van der Waals surface area contributed by atoms with Crippen molar-refractivity contribution in [1.82, 2.24) is 9.55 Å². The molecule has 6 nitrogen and oxygen atoms in total. The van der Waals surface area contributed by atoms with Crippen LogP contribution in [0.2, 0.25) is 5.15 Å². The SMILES string of the molecule is Cn1cnc(S(=O)(=O)Oc2cccc3c2OC(C)(C)C3)c1Cl. The topological polar surface area (TPSA) is 70.4 Å². The number of hydrogen-bond acceptors (Lipinski definition) is 5. The van der Waals surface area contributed by atoms with Crippen LogP contribution in [0.4, 0.5) is 0 Å². The van der Waals surface area contributed by atoms with Gasteiger partial charge in [0, 0.05) is 19.0 Å². The predicted octanol–water partition coefficient (Wildman–Crippen LogP) is 2.55. The summed E-state index contributed by atoms with van der Waals surface area (Å²) in [7, 11) is -2.53. The van der Waals surface area contributed by atoms with Crippen molar-refractivity contribution in [3.63, 3.8) is 0 Å². The zero-order valence-electron chi connectivity index (χ0n) is 12.3. The highest BCUT2D eigenvalue weighted by molar-refractivity contribution is 7.87. The Morgan fingerprint density at radius 3 is 2.77 bits per heavy atom. The number of fused-ring (bicyclic) bond motifs is 1. The standard InChI is InChI=1S/C14H15ClN2O4S/c1-14(2)7-9-5-4-6-10(11(9)20-14)21-22(18,19)13-12(15)17(3)8-16-13/h4-6,8H,7H2,1-3H3. The van der Waals surface area contributed by atoms with Crippen molar-refractivity contribution in [3.8, 4) is 11.5 Å². The van der Waals surface area contributed by atoms with Crippen LogP contribution in [-0.4, -0.2) is 23.6 Å². The lowest BCUT2D eigenvalue weighted by Crippen LogP contribution is -2.24. The fourth-order valence-corrected chi connectivity index (χ4v) is 3.72. The normalized spacial score (nSPS) is 16.2. The van der Waals surface area contributed by atoms with E-state index in [1.807, 2.05) is 19.9 Å². The van der Waals surface area contributed by atoms with E-state index >= 15 is 0 Å². The Morgan fingerprint density at radius 1 is 1.41 bits per heavy atom. The Balaban J connectivity index is 1.99. The van der Waals surface area contributed by atoms with Gasteiger partial charge in [-0.05, 0) is 19.9 Å². The van der Waals surface area contributed by atoms with Gasteiger partial charge in [0.15, 0.2) is 16.7 Å². The number of aromatic nitrogens is 2. The summed E-state index contributed by atoms with van der Waals surface area (Å²) < 4.78 is 37.1. The number of ether oxygens (including phenoxy) is 1. The summed E-state index contributed by atoms with van der Waals surface area (Å²) in [6, 6.07) is 5.17. The van der Waals surface area contributed by atoms with Crippen LogP contribution < -0.4 is 8.92 Å². The van der Waals surface area contributed by atoms with Gasteiger partial charge in [0.2, 0.25) is 5.03 Å². The number of imidazole rings is 1. The second-order valence-electron chi connectivity index (χ2n) is 5.77. The van der Waals surface area contributed by atoms with E-state index < -0.39 is 15.7 Å². The van der Waals surface area contributed by atoms with Crippen LogP contribution in [0, 0.1) is 0 Å². The summed E-state index contributed by atoms with van der Waals surface area (Å²) in [5.41, 5.74) is 0.513. The Hall–Kier alpha value is -1.73. The van der Waals surface area contributed by atoms with Crippen molar-refractivity contribution < 1.29 is 17.3 Å². The first kappa shape index (κ1) is 15.2. The van der Waals surface area contributed by atoms with Gasteiger partial charge >= 0.3 is 10.1 Å². The smallest absolute Gasteiger partial charge is 0.360 e. The molecule has 22 heavy (non-hydrogen) atoms. The van der Waals surface area contributed by atoms with Crippen LogP contribution in [0.5, 0.6) is 11.5 Å². The third-order valence-corrected chi connectivity index (χ3v) is 5.05. The highest BCUT2D eigenvalue weighted by atomic mass is 35.5. The molecule has 0 N–H and O–H groups in total. The van der Waals surface area contributed by atoms with Crippen LogP contribution in [-0.2, 0) is 23.6 Å². The third-order valence-electron chi connectivity index (χ3n) is 3.33. The summed E-state index contributed by atoms with van der Waals surface area (Å²) in [6.45, 7) is 3.86. The zero-order valence-corrected chi connectivity index (χ0v) is 13.9. The molecule has 2 aromatic rings. The second-order valence-corrected chi connectivity index (χ2v) is 7.59. The molecule has 0 atom stereocenters. The lowest BCUT2D eigenvalue weighted by molar-refractivity contribution is 0.136. The molecule has 0 bridgehead atoms. The van der Waals surface area contributed by atoms with Gasteiger partial charge in [0.05, 0.1) is 6.33 Å². The molecule has 0 amide bonds. The maximum Gasteiger partial charge on any atom is 0.360 e. The predicted molar refractivity (Wildman–Crippen MR) is 80.9 cm³/mol. The van der Waals surface area contributed by atoms with Gasteiger partial charge < -0.3 is 13.5 Å². The van der Waals surface area contributed by atoms with E-state index in [0.717, 1.165) is 5.56 Å². The molecule has 0 saturated heterocycles. The first-order valence-electron chi connectivity index (χ1n) is 6.62. The molecule has 2 heterocycles. The monoisotopic (exact) mass is 342 g/mol. The van der Waals surface area contributed by atoms with Crippen molar-refractivity contribution in [2.45, 2.75) is 30.9 Å². The fraction of sp³-hybridized carbons (Fsp3) is 0.357. The van der Waals surface area contributed by atoms with Gasteiger partial charge in [-0.2, -0.15) is 8.42 Å². The minimum atomic E-state index is -4.13. The Bertz CT molecular complexity index is 843. The van der Waals surface area contributed by atoms with Gasteiger partial charge in [0.25, 0.3) is 0 Å². The quantitative estimate of drug-likeness (QED) is 0.802. The molecule has 0 saturated carbocycles. The molecule has 118 valence electrons. The summed E-state index contributed by atoms with van der Waals surface area (Å²) >= 11 is 5.93. The lowest BCUT2D eigenvalue weighted by atomic mass is 10.0. The second kappa shape index (κ2) is 4.89. The van der Waals surface area contributed by atoms with Crippen molar-refractivity contribution in [1.29, 1.82) is 0 Å². The zero-order chi connectivity index (χ0) is 16.1. The maximum absolute atomic E-state index is 12.4. The van der Waals surface area contributed by atoms with Crippen LogP contribution in [0.3, 0.4) is 0 Å². The fourth-order valence-electron chi connectivity index (χ4n) is 2.37. The van der Waals surface area contributed by atoms with Gasteiger partial charge in [-0.3, -0.25) is 0 Å². The van der Waals surface area contributed by atoms with E-state index in [2.05, 4.69) is 4.98 Å². The van der Waals surface area contributed by atoms with E-state index in [1.165, 1.54) is 10.9 Å². The molecule has 0 spiro atoms. The molecule has 1 aromatic heterocycles. The lowest BCUT2D eigenvalue weighted by Gasteiger charge is -2.18. The average Bonchev–Trinajstić information content (AvgIpc) is 2.90. The Kier molecular flexibility index (Phi) is 3.37. The van der Waals surface area contributed by atoms with Crippen LogP contribution in [0.1, 0.15) is 19.4 Å². The molecule has 8 heteroatoms. The van der Waals surface area contributed by atoms with Crippen molar-refractivity contribution in [2.24, 2.45) is 7.05 Å². The molecule has 0 unspecified atom stereocenters. The number of benzene rings is 1. The number of aryl methyl sites for hydroxylation is 1. The highest BCUT2D eigenvalue weighted by Crippen LogP contribution is 2.42. The number of halogens is 1. The van der Waals surface area contributed by atoms with Crippen LogP contribution >= 0.6 is 11.6 Å². The number of nitrogens with zero attached hydrogens (tertiary/aromatic N) is 2. The summed E-state index contributed by atoms with van der Waals surface area (Å²) in [5, 5.41) is -0.319. The largest absolute Gasteiger partial charge is 0.483 e. The number of rotatable bonds is 3. The molecular formula is C14H15ClN2O4S. The maximum atomic E-state index is 12.4. The van der Waals surface area contributed by atoms with E-state index in [1.54, 1.807) is 19.2 Å². The van der Waals surface area contributed by atoms with Crippen molar-refractivity contribution >= 4 is 21.7 Å². The Morgan fingerprint density at radius 2 is 2.14 bits per heavy atom. The van der Waals surface area contributed by atoms with Crippen LogP contribution in [0.15, 0.2) is 29.6 Å². The first-order chi connectivity index (χ1) is 10.2. The van der Waals surface area contributed by atoms with E-state index in [9.17, 15) is 8.42 Å². The van der Waals surface area contributed by atoms with Gasteiger partial charge in [-0.15, -0.1) is 0 Å². The van der Waals surface area contributed by atoms with Crippen LogP contribution in [0.25, 0.3) is 0 Å². The highest BCUT2D eigenvalue weighted by Gasteiger charge is 2.34. The van der Waals surface area contributed by atoms with E-state index in [4.69, 9.17) is 20.5 Å². The average molecular weight is 343 g/mol. The molecule has 1 aliphatic rings.